The van der Waals surface area contributed by atoms with Crippen LogP contribution in [0, 0.1) is 4.64 Å². The van der Waals surface area contributed by atoms with E-state index in [0.29, 0.717) is 4.64 Å². The molecule has 1 rings (SSSR count). The van der Waals surface area contributed by atoms with Crippen LogP contribution in [-0.4, -0.2) is 28.5 Å². The van der Waals surface area contributed by atoms with Crippen LogP contribution in [0.2, 0.25) is 0 Å². The van der Waals surface area contributed by atoms with Gasteiger partial charge < -0.3 is 4.90 Å². The van der Waals surface area contributed by atoms with E-state index in [2.05, 4.69) is 34.2 Å². The maximum atomic E-state index is 5.40. The molecule has 138 valence electrons. The summed E-state index contributed by atoms with van der Waals surface area (Å²) in [6.45, 7) is 6.68. The number of aromatic amines is 1. The molecule has 1 N–H and O–H groups in total. The average Bonchev–Trinajstić information content (AvgIpc) is 2.60. The van der Waals surface area contributed by atoms with Gasteiger partial charge in [0, 0.05) is 13.1 Å². The van der Waals surface area contributed by atoms with Crippen LogP contribution >= 0.6 is 12.2 Å². The number of nitrogens with one attached hydrogen (secondary N) is 1. The van der Waals surface area contributed by atoms with Crippen molar-refractivity contribution >= 4 is 17.9 Å². The van der Waals surface area contributed by atoms with Crippen molar-refractivity contribution in [1.29, 1.82) is 0 Å². The molecule has 0 unspecified atom stereocenters. The van der Waals surface area contributed by atoms with E-state index in [1.807, 2.05) is 6.20 Å². The summed E-state index contributed by atoms with van der Waals surface area (Å²) in [7, 11) is 0. The maximum absolute atomic E-state index is 5.40. The summed E-state index contributed by atoms with van der Waals surface area (Å²) in [4.78, 5) is 2.41. The lowest BCUT2D eigenvalue weighted by Gasteiger charge is -2.24. The molecule has 0 aliphatic rings. The molecule has 0 aromatic carbocycles. The molecular formula is C19H36N4S. The predicted molar refractivity (Wildman–Crippen MR) is 106 cm³/mol. The molecule has 24 heavy (non-hydrogen) atoms. The zero-order chi connectivity index (χ0) is 17.5. The topological polar surface area (TPSA) is 44.8 Å². The lowest BCUT2D eigenvalue weighted by molar-refractivity contribution is 0.573. The summed E-state index contributed by atoms with van der Waals surface area (Å²) >= 11 is 5.40. The van der Waals surface area contributed by atoms with E-state index in [9.17, 15) is 0 Å². The second kappa shape index (κ2) is 14.4. The molecule has 0 aliphatic heterocycles. The van der Waals surface area contributed by atoms with Gasteiger partial charge >= 0.3 is 0 Å². The summed E-state index contributed by atoms with van der Waals surface area (Å²) in [6.07, 6.45) is 17.7. The maximum Gasteiger partial charge on any atom is 0.146 e. The van der Waals surface area contributed by atoms with E-state index < -0.39 is 0 Å². The Labute approximate surface area is 153 Å². The van der Waals surface area contributed by atoms with Crippen molar-refractivity contribution in [2.24, 2.45) is 0 Å². The summed E-state index contributed by atoms with van der Waals surface area (Å²) in [5.74, 6) is 0. The van der Waals surface area contributed by atoms with Crippen molar-refractivity contribution in [2.45, 2.75) is 90.9 Å². The molecule has 0 spiro atoms. The Morgan fingerprint density at radius 2 is 1.33 bits per heavy atom. The summed E-state index contributed by atoms with van der Waals surface area (Å²) < 4.78 is 0.710. The van der Waals surface area contributed by atoms with E-state index in [0.717, 1.165) is 18.8 Å². The molecule has 5 heteroatoms. The zero-order valence-corrected chi connectivity index (χ0v) is 16.5. The number of H-pyrrole nitrogens is 1. The molecule has 0 saturated heterocycles. The van der Waals surface area contributed by atoms with Crippen LogP contribution in [0.1, 0.15) is 90.9 Å². The normalized spacial score (nSPS) is 10.9. The van der Waals surface area contributed by atoms with Crippen molar-refractivity contribution in [3.05, 3.63) is 10.8 Å². The van der Waals surface area contributed by atoms with Crippen molar-refractivity contribution in [2.75, 3.05) is 18.0 Å². The number of hydrogen-bond acceptors (Lipinski definition) is 4. The Morgan fingerprint density at radius 1 is 0.833 bits per heavy atom. The number of rotatable bonds is 15. The SMILES string of the molecule is CCCCCCCCN(CCCCCCCC)c1cnn[nH]c1=S. The third-order valence-electron chi connectivity index (χ3n) is 4.53. The Kier molecular flexibility index (Phi) is 12.6. The molecule has 0 aliphatic carbocycles. The van der Waals surface area contributed by atoms with Gasteiger partial charge in [0.2, 0.25) is 0 Å². The average molecular weight is 353 g/mol. The van der Waals surface area contributed by atoms with Crippen LogP contribution in [0.3, 0.4) is 0 Å². The van der Waals surface area contributed by atoms with Gasteiger partial charge in [-0.2, -0.15) is 0 Å². The van der Waals surface area contributed by atoms with Gasteiger partial charge in [-0.05, 0) is 12.8 Å². The first kappa shape index (κ1) is 21.1. The van der Waals surface area contributed by atoms with Crippen LogP contribution in [0.4, 0.5) is 5.69 Å². The van der Waals surface area contributed by atoms with Crippen molar-refractivity contribution in [1.82, 2.24) is 15.4 Å². The van der Waals surface area contributed by atoms with E-state index in [1.54, 1.807) is 0 Å². The van der Waals surface area contributed by atoms with E-state index >= 15 is 0 Å². The van der Waals surface area contributed by atoms with Gasteiger partial charge in [-0.3, -0.25) is 0 Å². The van der Waals surface area contributed by atoms with Gasteiger partial charge in [0.15, 0.2) is 0 Å². The number of anilines is 1. The van der Waals surface area contributed by atoms with Crippen LogP contribution in [0.15, 0.2) is 6.20 Å². The third kappa shape index (κ3) is 9.36. The fourth-order valence-electron chi connectivity index (χ4n) is 3.02. The highest BCUT2D eigenvalue weighted by Gasteiger charge is 2.09. The second-order valence-corrected chi connectivity index (χ2v) is 7.10. The second-order valence-electron chi connectivity index (χ2n) is 6.69. The Morgan fingerprint density at radius 3 is 1.83 bits per heavy atom. The van der Waals surface area contributed by atoms with Crippen molar-refractivity contribution in [3.63, 3.8) is 0 Å². The predicted octanol–water partition coefficient (Wildman–Crippen LogP) is 6.06. The first-order valence-electron chi connectivity index (χ1n) is 9.94. The van der Waals surface area contributed by atoms with Gasteiger partial charge in [-0.25, -0.2) is 5.10 Å². The fourth-order valence-corrected chi connectivity index (χ4v) is 3.24. The molecule has 1 aromatic rings. The first-order valence-corrected chi connectivity index (χ1v) is 10.4. The molecule has 0 radical (unpaired) electrons. The van der Waals surface area contributed by atoms with Gasteiger partial charge in [0.25, 0.3) is 0 Å². The van der Waals surface area contributed by atoms with Gasteiger partial charge in [-0.15, -0.1) is 5.10 Å². The largest absolute Gasteiger partial charge is 0.368 e. The standard InChI is InChI=1S/C19H36N4S/c1-3-5-7-9-11-13-15-23(16-14-12-10-8-6-4-2)18-17-20-22-21-19(18)24/h17H,3-16H2,1-2H3,(H,20,21,24). The van der Waals surface area contributed by atoms with Crippen LogP contribution in [0.25, 0.3) is 0 Å². The van der Waals surface area contributed by atoms with Crippen molar-refractivity contribution in [3.8, 4) is 0 Å². The fraction of sp³-hybridized carbons (Fsp3) is 0.842. The number of nitrogens with zero attached hydrogens (tertiary/aromatic N) is 3. The third-order valence-corrected chi connectivity index (χ3v) is 4.83. The van der Waals surface area contributed by atoms with Crippen LogP contribution in [0.5, 0.6) is 0 Å². The molecule has 1 aromatic heterocycles. The van der Waals surface area contributed by atoms with Gasteiger partial charge in [0.05, 0.1) is 11.9 Å². The molecule has 0 atom stereocenters. The summed E-state index contributed by atoms with van der Waals surface area (Å²) in [6, 6.07) is 0. The Bertz CT molecular complexity index is 445. The highest BCUT2D eigenvalue weighted by Crippen LogP contribution is 2.16. The van der Waals surface area contributed by atoms with Crippen molar-refractivity contribution < 1.29 is 0 Å². The molecular weight excluding hydrogens is 316 g/mol. The highest BCUT2D eigenvalue weighted by molar-refractivity contribution is 7.71. The lowest BCUT2D eigenvalue weighted by atomic mass is 10.1. The van der Waals surface area contributed by atoms with E-state index in [-0.39, 0.29) is 0 Å². The van der Waals surface area contributed by atoms with Crippen LogP contribution < -0.4 is 4.90 Å². The summed E-state index contributed by atoms with van der Waals surface area (Å²) in [5, 5.41) is 10.6. The minimum atomic E-state index is 0.710. The molecule has 0 bridgehead atoms. The minimum absolute atomic E-state index is 0.710. The summed E-state index contributed by atoms with van der Waals surface area (Å²) in [5.41, 5.74) is 1.04. The Hall–Kier alpha value is -0.970. The van der Waals surface area contributed by atoms with Gasteiger partial charge in [-0.1, -0.05) is 95.5 Å². The monoisotopic (exact) mass is 352 g/mol. The molecule has 0 fully saturated rings. The van der Waals surface area contributed by atoms with Crippen LogP contribution in [-0.2, 0) is 0 Å². The first-order chi connectivity index (χ1) is 11.8. The molecule has 1 heterocycles. The highest BCUT2D eigenvalue weighted by atomic mass is 32.1. The quantitative estimate of drug-likeness (QED) is 0.308. The molecule has 4 nitrogen and oxygen atoms in total. The van der Waals surface area contributed by atoms with E-state index in [4.69, 9.17) is 12.2 Å². The smallest absolute Gasteiger partial charge is 0.146 e. The number of hydrogen-bond donors (Lipinski definition) is 1. The Balaban J connectivity index is 2.39. The molecule has 0 saturated carbocycles. The zero-order valence-electron chi connectivity index (χ0n) is 15.7. The number of aromatic nitrogens is 3. The minimum Gasteiger partial charge on any atom is -0.368 e. The lowest BCUT2D eigenvalue weighted by Crippen LogP contribution is -2.26. The van der Waals surface area contributed by atoms with Gasteiger partial charge in [0.1, 0.15) is 4.64 Å². The molecule has 0 amide bonds. The van der Waals surface area contributed by atoms with E-state index in [1.165, 1.54) is 77.0 Å². The number of unbranched alkanes of at least 4 members (excludes halogenated alkanes) is 10.